The van der Waals surface area contributed by atoms with Crippen LogP contribution >= 0.6 is 0 Å². The lowest BCUT2D eigenvalue weighted by Crippen LogP contribution is -2.01. The largest absolute Gasteiger partial charge is 0.366 e. The number of tetrazole rings is 1. The van der Waals surface area contributed by atoms with Crippen LogP contribution in [0, 0.1) is 6.92 Å². The molecule has 0 bridgehead atoms. The Labute approximate surface area is 85.9 Å². The molecule has 0 aromatic carbocycles. The summed E-state index contributed by atoms with van der Waals surface area (Å²) in [7, 11) is 0. The quantitative estimate of drug-likeness (QED) is 0.662. The normalized spacial score (nSPS) is 19.1. The molecule has 0 unspecified atom stereocenters. The van der Waals surface area contributed by atoms with Gasteiger partial charge in [-0.1, -0.05) is 0 Å². The summed E-state index contributed by atoms with van der Waals surface area (Å²) in [6.45, 7) is 2.71. The lowest BCUT2D eigenvalue weighted by atomic mass is 10.2. The highest BCUT2D eigenvalue weighted by atomic mass is 16.6. The Hall–Kier alpha value is -1.82. The molecule has 6 heteroatoms. The first kappa shape index (κ1) is 8.49. The topological polar surface area (TPSA) is 69.0 Å². The highest BCUT2D eigenvalue weighted by molar-refractivity contribution is 5.36. The predicted molar refractivity (Wildman–Crippen MR) is 50.4 cm³/mol. The van der Waals surface area contributed by atoms with Crippen molar-refractivity contribution < 1.29 is 4.74 Å². The van der Waals surface area contributed by atoms with Gasteiger partial charge in [-0.25, -0.2) is 0 Å². The van der Waals surface area contributed by atoms with Crippen LogP contribution in [0.5, 0.6) is 0 Å². The molecule has 3 heterocycles. The molecule has 0 spiro atoms. The molecule has 0 amide bonds. The third-order valence-corrected chi connectivity index (χ3v) is 2.34. The van der Waals surface area contributed by atoms with E-state index in [1.807, 2.05) is 19.1 Å². The molecule has 0 aliphatic carbocycles. The Balaban J connectivity index is 2.02. The van der Waals surface area contributed by atoms with Gasteiger partial charge >= 0.3 is 0 Å². The summed E-state index contributed by atoms with van der Waals surface area (Å²) in [4.78, 5) is 4.45. The second-order valence-corrected chi connectivity index (χ2v) is 3.42. The smallest absolute Gasteiger partial charge is 0.143 e. The van der Waals surface area contributed by atoms with Crippen LogP contribution in [0.15, 0.2) is 18.5 Å². The van der Waals surface area contributed by atoms with Gasteiger partial charge in [-0.15, -0.1) is 5.10 Å². The molecule has 76 valence electrons. The first-order valence-corrected chi connectivity index (χ1v) is 4.67. The number of aromatic nitrogens is 5. The SMILES string of the molecule is Cc1nc([C@H]2CO2)ccc1-n1cnnn1. The van der Waals surface area contributed by atoms with Crippen molar-refractivity contribution in [1.29, 1.82) is 0 Å². The average molecular weight is 203 g/mol. The van der Waals surface area contributed by atoms with Crippen LogP contribution in [-0.2, 0) is 4.74 Å². The average Bonchev–Trinajstić information content (AvgIpc) is 2.95. The van der Waals surface area contributed by atoms with Crippen molar-refractivity contribution in [3.63, 3.8) is 0 Å². The number of rotatable bonds is 2. The van der Waals surface area contributed by atoms with Crippen molar-refractivity contribution in [2.75, 3.05) is 6.61 Å². The van der Waals surface area contributed by atoms with E-state index in [2.05, 4.69) is 20.5 Å². The highest BCUT2D eigenvalue weighted by Gasteiger charge is 2.26. The van der Waals surface area contributed by atoms with Crippen LogP contribution in [0.25, 0.3) is 5.69 Å². The Bertz CT molecular complexity index is 477. The highest BCUT2D eigenvalue weighted by Crippen LogP contribution is 2.28. The fraction of sp³-hybridized carbons (Fsp3) is 0.333. The lowest BCUT2D eigenvalue weighted by Gasteiger charge is -2.04. The zero-order chi connectivity index (χ0) is 10.3. The van der Waals surface area contributed by atoms with E-state index in [1.165, 1.54) is 0 Å². The van der Waals surface area contributed by atoms with Crippen molar-refractivity contribution in [3.05, 3.63) is 29.8 Å². The van der Waals surface area contributed by atoms with Gasteiger partial charge in [-0.2, -0.15) is 4.68 Å². The van der Waals surface area contributed by atoms with Crippen LogP contribution in [0.2, 0.25) is 0 Å². The summed E-state index contributed by atoms with van der Waals surface area (Å²) >= 11 is 0. The maximum atomic E-state index is 5.17. The molecule has 0 saturated carbocycles. The number of hydrogen-bond acceptors (Lipinski definition) is 5. The molecule has 3 rings (SSSR count). The van der Waals surface area contributed by atoms with Crippen LogP contribution < -0.4 is 0 Å². The van der Waals surface area contributed by atoms with E-state index in [0.717, 1.165) is 23.7 Å². The molecule has 15 heavy (non-hydrogen) atoms. The Morgan fingerprint density at radius 2 is 2.33 bits per heavy atom. The number of aryl methyl sites for hydroxylation is 1. The van der Waals surface area contributed by atoms with Crippen LogP contribution in [0.4, 0.5) is 0 Å². The fourth-order valence-electron chi connectivity index (χ4n) is 1.49. The number of epoxide rings is 1. The van der Waals surface area contributed by atoms with Gasteiger partial charge in [-0.3, -0.25) is 4.98 Å². The van der Waals surface area contributed by atoms with Gasteiger partial charge in [0, 0.05) is 0 Å². The lowest BCUT2D eigenvalue weighted by molar-refractivity contribution is 0.411. The summed E-state index contributed by atoms with van der Waals surface area (Å²) in [6, 6.07) is 3.90. The van der Waals surface area contributed by atoms with Gasteiger partial charge in [0.05, 0.1) is 23.7 Å². The van der Waals surface area contributed by atoms with E-state index in [-0.39, 0.29) is 6.10 Å². The minimum atomic E-state index is 0.187. The second-order valence-electron chi connectivity index (χ2n) is 3.42. The van der Waals surface area contributed by atoms with Crippen molar-refractivity contribution in [1.82, 2.24) is 25.2 Å². The summed E-state index contributed by atoms with van der Waals surface area (Å²) in [5.41, 5.74) is 2.77. The predicted octanol–water partition coefficient (Wildman–Crippen LogP) is 0.437. The molecule has 0 N–H and O–H groups in total. The number of hydrogen-bond donors (Lipinski definition) is 0. The Morgan fingerprint density at radius 1 is 1.47 bits per heavy atom. The summed E-state index contributed by atoms with van der Waals surface area (Å²) in [5, 5.41) is 11.0. The molecule has 6 nitrogen and oxygen atoms in total. The summed E-state index contributed by atoms with van der Waals surface area (Å²) in [5.74, 6) is 0. The first-order chi connectivity index (χ1) is 7.34. The molecule has 1 saturated heterocycles. The Kier molecular flexibility index (Phi) is 1.75. The van der Waals surface area contributed by atoms with Crippen molar-refractivity contribution in [2.45, 2.75) is 13.0 Å². The van der Waals surface area contributed by atoms with Crippen molar-refractivity contribution in [3.8, 4) is 5.69 Å². The van der Waals surface area contributed by atoms with Gasteiger partial charge in [-0.05, 0) is 29.5 Å². The van der Waals surface area contributed by atoms with Gasteiger partial charge in [0.2, 0.25) is 0 Å². The minimum absolute atomic E-state index is 0.187. The van der Waals surface area contributed by atoms with Gasteiger partial charge in [0.1, 0.15) is 12.4 Å². The van der Waals surface area contributed by atoms with E-state index in [9.17, 15) is 0 Å². The third-order valence-electron chi connectivity index (χ3n) is 2.34. The van der Waals surface area contributed by atoms with Gasteiger partial charge in [0.25, 0.3) is 0 Å². The third kappa shape index (κ3) is 1.48. The molecule has 2 aromatic heterocycles. The van der Waals surface area contributed by atoms with Gasteiger partial charge < -0.3 is 4.74 Å². The second kappa shape index (κ2) is 3.09. The summed E-state index contributed by atoms with van der Waals surface area (Å²) in [6.07, 6.45) is 1.74. The maximum Gasteiger partial charge on any atom is 0.143 e. The van der Waals surface area contributed by atoms with E-state index >= 15 is 0 Å². The molecule has 1 aliphatic heterocycles. The summed E-state index contributed by atoms with van der Waals surface area (Å²) < 4.78 is 6.77. The zero-order valence-electron chi connectivity index (χ0n) is 8.16. The molecule has 2 aromatic rings. The van der Waals surface area contributed by atoms with E-state index in [0.29, 0.717) is 0 Å². The molecule has 1 atom stereocenters. The monoisotopic (exact) mass is 203 g/mol. The molecule has 1 fully saturated rings. The number of ether oxygens (including phenoxy) is 1. The number of pyridine rings is 1. The standard InChI is InChI=1S/C9H9N5O/c1-6-8(14-5-10-12-13-14)3-2-7(11-6)9-4-15-9/h2-3,5,9H,4H2,1H3/t9-/m1/s1. The molecular weight excluding hydrogens is 194 g/mol. The first-order valence-electron chi connectivity index (χ1n) is 4.67. The molecule has 1 aliphatic rings. The van der Waals surface area contributed by atoms with Gasteiger partial charge in [0.15, 0.2) is 0 Å². The molecule has 0 radical (unpaired) electrons. The maximum absolute atomic E-state index is 5.17. The van der Waals surface area contributed by atoms with Crippen LogP contribution in [0.1, 0.15) is 17.5 Å². The minimum Gasteiger partial charge on any atom is -0.366 e. The molecular formula is C9H9N5O. The van der Waals surface area contributed by atoms with E-state index in [4.69, 9.17) is 4.74 Å². The van der Waals surface area contributed by atoms with Crippen molar-refractivity contribution in [2.24, 2.45) is 0 Å². The van der Waals surface area contributed by atoms with E-state index in [1.54, 1.807) is 11.0 Å². The zero-order valence-corrected chi connectivity index (χ0v) is 8.16. The van der Waals surface area contributed by atoms with Crippen LogP contribution in [0.3, 0.4) is 0 Å². The fourth-order valence-corrected chi connectivity index (χ4v) is 1.49. The number of nitrogens with zero attached hydrogens (tertiary/aromatic N) is 5. The van der Waals surface area contributed by atoms with E-state index < -0.39 is 0 Å². The Morgan fingerprint density at radius 3 is 2.93 bits per heavy atom. The van der Waals surface area contributed by atoms with Crippen molar-refractivity contribution >= 4 is 0 Å². The van der Waals surface area contributed by atoms with Crippen LogP contribution in [-0.4, -0.2) is 31.8 Å².